The smallest absolute Gasteiger partial charge is 0.0669 e. The third kappa shape index (κ3) is 3.25. The van der Waals surface area contributed by atoms with Gasteiger partial charge >= 0.3 is 0 Å². The maximum Gasteiger partial charge on any atom is 0.0669 e. The van der Waals surface area contributed by atoms with E-state index < -0.39 is 0 Å². The Morgan fingerprint density at radius 3 is 2.46 bits per heavy atom. The standard InChI is InChI=1S/C10H21NO2/c1-3-10(12)4-6-11(7-5-10)8-9-13-2/h12H,3-9H2,1-2H3. The quantitative estimate of drug-likeness (QED) is 0.709. The van der Waals surface area contributed by atoms with Gasteiger partial charge in [0.2, 0.25) is 0 Å². The highest BCUT2D eigenvalue weighted by atomic mass is 16.5. The monoisotopic (exact) mass is 187 g/mol. The van der Waals surface area contributed by atoms with Crippen molar-refractivity contribution >= 4 is 0 Å². The molecule has 3 nitrogen and oxygen atoms in total. The van der Waals surface area contributed by atoms with Crippen LogP contribution >= 0.6 is 0 Å². The number of hydrogen-bond acceptors (Lipinski definition) is 3. The van der Waals surface area contributed by atoms with E-state index in [1.54, 1.807) is 7.11 Å². The average molecular weight is 187 g/mol. The summed E-state index contributed by atoms with van der Waals surface area (Å²) in [6, 6.07) is 0. The van der Waals surface area contributed by atoms with Crippen molar-refractivity contribution in [3.8, 4) is 0 Å². The van der Waals surface area contributed by atoms with Gasteiger partial charge in [-0.2, -0.15) is 0 Å². The van der Waals surface area contributed by atoms with Gasteiger partial charge in [-0.1, -0.05) is 6.92 Å². The summed E-state index contributed by atoms with van der Waals surface area (Å²) in [6.45, 7) is 5.87. The molecule has 1 saturated heterocycles. The van der Waals surface area contributed by atoms with E-state index in [4.69, 9.17) is 4.74 Å². The lowest BCUT2D eigenvalue weighted by molar-refractivity contribution is -0.0275. The molecule has 0 aromatic carbocycles. The zero-order valence-corrected chi connectivity index (χ0v) is 8.75. The molecule has 1 aliphatic heterocycles. The molecule has 1 N–H and O–H groups in total. The molecule has 0 amide bonds. The summed E-state index contributed by atoms with van der Waals surface area (Å²) >= 11 is 0. The Balaban J connectivity index is 2.22. The molecule has 0 aromatic heterocycles. The van der Waals surface area contributed by atoms with Crippen LogP contribution in [0.5, 0.6) is 0 Å². The van der Waals surface area contributed by atoms with Crippen LogP contribution in [0.3, 0.4) is 0 Å². The van der Waals surface area contributed by atoms with Crippen LogP contribution in [0.4, 0.5) is 0 Å². The maximum absolute atomic E-state index is 9.97. The lowest BCUT2D eigenvalue weighted by Crippen LogP contribution is -2.44. The molecule has 1 heterocycles. The molecule has 0 unspecified atom stereocenters. The van der Waals surface area contributed by atoms with Gasteiger partial charge in [0.1, 0.15) is 0 Å². The maximum atomic E-state index is 9.97. The highest BCUT2D eigenvalue weighted by Gasteiger charge is 2.29. The largest absolute Gasteiger partial charge is 0.390 e. The summed E-state index contributed by atoms with van der Waals surface area (Å²) in [5.74, 6) is 0. The summed E-state index contributed by atoms with van der Waals surface area (Å²) < 4.78 is 5.02. The van der Waals surface area contributed by atoms with Crippen molar-refractivity contribution in [1.82, 2.24) is 4.90 Å². The third-order valence-electron chi connectivity index (χ3n) is 3.06. The summed E-state index contributed by atoms with van der Waals surface area (Å²) in [5, 5.41) is 9.97. The van der Waals surface area contributed by atoms with Gasteiger partial charge in [0, 0.05) is 26.7 Å². The Morgan fingerprint density at radius 1 is 1.38 bits per heavy atom. The first-order chi connectivity index (χ1) is 6.20. The Labute approximate surface area is 80.7 Å². The van der Waals surface area contributed by atoms with Crippen molar-refractivity contribution in [2.45, 2.75) is 31.8 Å². The van der Waals surface area contributed by atoms with Gasteiger partial charge in [0.25, 0.3) is 0 Å². The fourth-order valence-electron chi connectivity index (χ4n) is 1.77. The fourth-order valence-corrected chi connectivity index (χ4v) is 1.77. The predicted octanol–water partition coefficient (Wildman–Crippen LogP) is 0.870. The topological polar surface area (TPSA) is 32.7 Å². The van der Waals surface area contributed by atoms with E-state index in [0.717, 1.165) is 45.5 Å². The van der Waals surface area contributed by atoms with Crippen LogP contribution in [-0.4, -0.2) is 49.0 Å². The van der Waals surface area contributed by atoms with Gasteiger partial charge in [-0.3, -0.25) is 0 Å². The lowest BCUT2D eigenvalue weighted by atomic mass is 9.89. The zero-order valence-electron chi connectivity index (χ0n) is 8.75. The zero-order chi connectivity index (χ0) is 9.73. The number of hydrogen-bond donors (Lipinski definition) is 1. The van der Waals surface area contributed by atoms with E-state index in [9.17, 15) is 5.11 Å². The molecular formula is C10H21NO2. The molecule has 0 spiro atoms. The van der Waals surface area contributed by atoms with E-state index in [1.807, 2.05) is 0 Å². The van der Waals surface area contributed by atoms with Crippen LogP contribution in [0.25, 0.3) is 0 Å². The van der Waals surface area contributed by atoms with E-state index in [-0.39, 0.29) is 5.60 Å². The summed E-state index contributed by atoms with van der Waals surface area (Å²) in [5.41, 5.74) is -0.385. The summed E-state index contributed by atoms with van der Waals surface area (Å²) in [4.78, 5) is 2.35. The number of likely N-dealkylation sites (tertiary alicyclic amines) is 1. The minimum Gasteiger partial charge on any atom is -0.390 e. The fraction of sp³-hybridized carbons (Fsp3) is 1.00. The second-order valence-electron chi connectivity index (χ2n) is 3.91. The van der Waals surface area contributed by atoms with Crippen LogP contribution in [0.2, 0.25) is 0 Å². The lowest BCUT2D eigenvalue weighted by Gasteiger charge is -2.37. The highest BCUT2D eigenvalue weighted by molar-refractivity contribution is 4.84. The Hall–Kier alpha value is -0.120. The molecule has 78 valence electrons. The van der Waals surface area contributed by atoms with Crippen molar-refractivity contribution in [3.63, 3.8) is 0 Å². The first-order valence-electron chi connectivity index (χ1n) is 5.14. The van der Waals surface area contributed by atoms with E-state index >= 15 is 0 Å². The van der Waals surface area contributed by atoms with Crippen molar-refractivity contribution in [3.05, 3.63) is 0 Å². The normalized spacial score (nSPS) is 23.3. The van der Waals surface area contributed by atoms with Gasteiger partial charge in [0.05, 0.1) is 12.2 Å². The Kier molecular flexibility index (Phi) is 4.16. The molecule has 0 atom stereocenters. The van der Waals surface area contributed by atoms with Crippen molar-refractivity contribution in [2.24, 2.45) is 0 Å². The third-order valence-corrected chi connectivity index (χ3v) is 3.06. The number of methoxy groups -OCH3 is 1. The van der Waals surface area contributed by atoms with Crippen LogP contribution in [0.1, 0.15) is 26.2 Å². The van der Waals surface area contributed by atoms with Crippen molar-refractivity contribution in [1.29, 1.82) is 0 Å². The molecular weight excluding hydrogens is 166 g/mol. The van der Waals surface area contributed by atoms with E-state index in [2.05, 4.69) is 11.8 Å². The van der Waals surface area contributed by atoms with Crippen LogP contribution in [0.15, 0.2) is 0 Å². The SMILES string of the molecule is CCC1(O)CCN(CCOC)CC1. The number of aliphatic hydroxyl groups is 1. The van der Waals surface area contributed by atoms with Gasteiger partial charge < -0.3 is 14.7 Å². The molecule has 1 fully saturated rings. The van der Waals surface area contributed by atoms with Crippen LogP contribution in [-0.2, 0) is 4.74 Å². The van der Waals surface area contributed by atoms with Crippen LogP contribution in [0, 0.1) is 0 Å². The van der Waals surface area contributed by atoms with Crippen molar-refractivity contribution < 1.29 is 9.84 Å². The Morgan fingerprint density at radius 2 is 2.00 bits per heavy atom. The van der Waals surface area contributed by atoms with Gasteiger partial charge in [0.15, 0.2) is 0 Å². The minimum absolute atomic E-state index is 0.385. The Bertz CT molecular complexity index is 142. The first kappa shape index (κ1) is 11.0. The molecule has 0 bridgehead atoms. The number of rotatable bonds is 4. The second kappa shape index (κ2) is 4.94. The van der Waals surface area contributed by atoms with Gasteiger partial charge in [-0.15, -0.1) is 0 Å². The molecule has 1 aliphatic rings. The molecule has 0 saturated carbocycles. The molecule has 1 rings (SSSR count). The van der Waals surface area contributed by atoms with E-state index in [1.165, 1.54) is 0 Å². The molecule has 0 aromatic rings. The van der Waals surface area contributed by atoms with E-state index in [0.29, 0.717) is 0 Å². The van der Waals surface area contributed by atoms with Gasteiger partial charge in [-0.05, 0) is 19.3 Å². The number of piperidine rings is 1. The highest BCUT2D eigenvalue weighted by Crippen LogP contribution is 2.24. The number of ether oxygens (including phenoxy) is 1. The first-order valence-corrected chi connectivity index (χ1v) is 5.14. The minimum atomic E-state index is -0.385. The molecule has 0 radical (unpaired) electrons. The predicted molar refractivity (Wildman–Crippen MR) is 52.8 cm³/mol. The van der Waals surface area contributed by atoms with Crippen LogP contribution < -0.4 is 0 Å². The molecule has 3 heteroatoms. The second-order valence-corrected chi connectivity index (χ2v) is 3.91. The average Bonchev–Trinajstić information content (AvgIpc) is 2.17. The molecule has 13 heavy (non-hydrogen) atoms. The van der Waals surface area contributed by atoms with Crippen molar-refractivity contribution in [2.75, 3.05) is 33.4 Å². The summed E-state index contributed by atoms with van der Waals surface area (Å²) in [6.07, 6.45) is 2.70. The summed E-state index contributed by atoms with van der Waals surface area (Å²) in [7, 11) is 1.73. The molecule has 0 aliphatic carbocycles. The van der Waals surface area contributed by atoms with Gasteiger partial charge in [-0.25, -0.2) is 0 Å². The number of nitrogens with zero attached hydrogens (tertiary/aromatic N) is 1.